The molecule has 0 saturated heterocycles. The van der Waals surface area contributed by atoms with Crippen LogP contribution in [0.25, 0.3) is 21.8 Å². The van der Waals surface area contributed by atoms with Gasteiger partial charge in [-0.2, -0.15) is 10.4 Å². The number of aromatic nitrogens is 10. The van der Waals surface area contributed by atoms with Gasteiger partial charge < -0.3 is 28.4 Å². The van der Waals surface area contributed by atoms with Crippen molar-refractivity contribution in [2.24, 2.45) is 0 Å². The summed E-state index contributed by atoms with van der Waals surface area (Å²) in [6.07, 6.45) is 0. The van der Waals surface area contributed by atoms with E-state index < -0.39 is 0 Å². The fourth-order valence-electron chi connectivity index (χ4n) is 6.94. The van der Waals surface area contributed by atoms with Gasteiger partial charge in [0.1, 0.15) is 60.9 Å². The smallest absolute Gasteiger partial charge is 0.211 e. The first-order chi connectivity index (χ1) is 33.5. The molecule has 16 nitrogen and oxygen atoms in total. The molecule has 68 heavy (non-hydrogen) atoms. The number of fused-ring (bicyclic) bond motifs is 2. The SMILES string of the molecule is Cc1cc(COc2ccc(OCc3ccc4ccccc4n3)cc2)ccc1OCc1nn[nH]n1.Cc1cc(OCc2nn[nH]n2)ccc1COc1ccc(OCc2ccc3ccccc3n2)cc1. The normalized spacial score (nSPS) is 10.9. The van der Waals surface area contributed by atoms with Crippen LogP contribution < -0.4 is 28.4 Å². The van der Waals surface area contributed by atoms with Crippen LogP contribution in [0.1, 0.15) is 45.3 Å². The molecule has 4 heterocycles. The van der Waals surface area contributed by atoms with Crippen molar-refractivity contribution in [1.29, 1.82) is 0 Å². The van der Waals surface area contributed by atoms with E-state index in [9.17, 15) is 0 Å². The Kier molecular flexibility index (Phi) is 14.2. The van der Waals surface area contributed by atoms with Crippen LogP contribution >= 0.6 is 0 Å². The molecule has 0 aliphatic carbocycles. The molecule has 0 fully saturated rings. The predicted molar refractivity (Wildman–Crippen MR) is 253 cm³/mol. The first kappa shape index (κ1) is 44.3. The zero-order valence-corrected chi connectivity index (χ0v) is 37.3. The summed E-state index contributed by atoms with van der Waals surface area (Å²) >= 11 is 0. The number of rotatable bonds is 18. The highest BCUT2D eigenvalue weighted by Crippen LogP contribution is 2.25. The van der Waals surface area contributed by atoms with Crippen LogP contribution in [0.5, 0.6) is 34.5 Å². The van der Waals surface area contributed by atoms with Crippen molar-refractivity contribution in [2.45, 2.75) is 53.5 Å². The number of para-hydroxylation sites is 2. The second-order valence-corrected chi connectivity index (χ2v) is 15.5. The largest absolute Gasteiger partial charge is 0.489 e. The van der Waals surface area contributed by atoms with Crippen molar-refractivity contribution in [3.8, 4) is 34.5 Å². The maximum Gasteiger partial charge on any atom is 0.211 e. The first-order valence-electron chi connectivity index (χ1n) is 21.8. The lowest BCUT2D eigenvalue weighted by molar-refractivity contribution is 0.290. The van der Waals surface area contributed by atoms with Crippen molar-refractivity contribution < 1.29 is 28.4 Å². The van der Waals surface area contributed by atoms with Gasteiger partial charge in [0.25, 0.3) is 0 Å². The van der Waals surface area contributed by atoms with E-state index in [4.69, 9.17) is 28.4 Å². The first-order valence-corrected chi connectivity index (χ1v) is 21.8. The highest BCUT2D eigenvalue weighted by molar-refractivity contribution is 5.79. The van der Waals surface area contributed by atoms with Crippen LogP contribution in [0.3, 0.4) is 0 Å². The minimum atomic E-state index is 0.261. The van der Waals surface area contributed by atoms with Gasteiger partial charge in [-0.1, -0.05) is 71.1 Å². The minimum absolute atomic E-state index is 0.261. The number of ether oxygens (including phenoxy) is 6. The van der Waals surface area contributed by atoms with Crippen molar-refractivity contribution in [2.75, 3.05) is 0 Å². The Balaban J connectivity index is 0.000000170. The Hall–Kier alpha value is -8.92. The molecule has 2 N–H and O–H groups in total. The highest BCUT2D eigenvalue weighted by atomic mass is 16.5. The Labute approximate surface area is 391 Å². The molecule has 0 unspecified atom stereocenters. The molecule has 0 spiro atoms. The lowest BCUT2D eigenvalue weighted by atomic mass is 10.1. The summed E-state index contributed by atoms with van der Waals surface area (Å²) < 4.78 is 35.1. The number of hydrogen-bond acceptors (Lipinski definition) is 14. The van der Waals surface area contributed by atoms with Crippen LogP contribution in [0.2, 0.25) is 0 Å². The molecular weight excluding hydrogens is 861 g/mol. The van der Waals surface area contributed by atoms with Gasteiger partial charge >= 0.3 is 0 Å². The summed E-state index contributed by atoms with van der Waals surface area (Å²) in [6.45, 7) is 6.26. The van der Waals surface area contributed by atoms with E-state index in [-0.39, 0.29) is 13.2 Å². The summed E-state index contributed by atoms with van der Waals surface area (Å²) in [4.78, 5) is 9.28. The third-order valence-corrected chi connectivity index (χ3v) is 10.6. The third kappa shape index (κ3) is 12.2. The number of tetrazole rings is 2. The number of nitrogens with one attached hydrogen (secondary N) is 2. The molecule has 10 rings (SSSR count). The summed E-state index contributed by atoms with van der Waals surface area (Å²) in [5, 5.41) is 29.6. The second-order valence-electron chi connectivity index (χ2n) is 15.5. The molecule has 340 valence electrons. The van der Waals surface area contributed by atoms with Crippen molar-refractivity contribution in [1.82, 2.24) is 51.2 Å². The molecule has 10 aromatic rings. The molecule has 0 atom stereocenters. The fourth-order valence-corrected chi connectivity index (χ4v) is 6.94. The number of nitrogens with zero attached hydrogens (tertiary/aromatic N) is 8. The number of aromatic amines is 2. The van der Waals surface area contributed by atoms with Crippen molar-refractivity contribution >= 4 is 21.8 Å². The van der Waals surface area contributed by atoms with Crippen LogP contribution in [0.15, 0.2) is 158 Å². The van der Waals surface area contributed by atoms with Gasteiger partial charge in [0, 0.05) is 10.8 Å². The number of aryl methyl sites for hydroxylation is 2. The summed E-state index contributed by atoms with van der Waals surface area (Å²) in [5.41, 5.74) is 7.92. The standard InChI is InChI=1S/2C26H23N5O3/c1-18-14-19(6-13-25(18)34-17-26-28-30-31-29-26)15-32-22-9-11-23(12-10-22)33-16-21-8-7-20-4-2-3-5-24(20)27-21;1-18-14-24(34-17-26-28-30-31-29-26)9-7-20(18)15-32-22-10-12-23(13-11-22)33-16-21-8-6-19-4-2-3-5-25(19)27-21/h2*2-14H,15-17H2,1H3,(H,28,29,30,31). The lowest BCUT2D eigenvalue weighted by Gasteiger charge is -2.12. The zero-order valence-electron chi connectivity index (χ0n) is 37.3. The molecule has 16 heteroatoms. The van der Waals surface area contributed by atoms with E-state index in [2.05, 4.69) is 63.3 Å². The molecular formula is C52H46N10O6. The van der Waals surface area contributed by atoms with Crippen molar-refractivity contribution in [3.05, 3.63) is 203 Å². The molecule has 0 amide bonds. The molecule has 6 aromatic carbocycles. The minimum Gasteiger partial charge on any atom is -0.489 e. The quantitative estimate of drug-likeness (QED) is 0.0827. The molecule has 4 aromatic heterocycles. The Morgan fingerprint density at radius 2 is 0.882 bits per heavy atom. The van der Waals surface area contributed by atoms with Crippen LogP contribution in [-0.2, 0) is 39.6 Å². The average Bonchev–Trinajstić information content (AvgIpc) is 4.12. The predicted octanol–water partition coefficient (Wildman–Crippen LogP) is 9.59. The highest BCUT2D eigenvalue weighted by Gasteiger charge is 2.08. The second kappa shape index (κ2) is 21.8. The molecule has 0 aliphatic heterocycles. The Bertz CT molecular complexity index is 3170. The van der Waals surface area contributed by atoms with Crippen LogP contribution in [-0.4, -0.2) is 51.2 Å². The van der Waals surface area contributed by atoms with E-state index in [0.717, 1.165) is 89.9 Å². The average molecular weight is 907 g/mol. The molecule has 0 aliphatic rings. The Morgan fingerprint density at radius 1 is 0.397 bits per heavy atom. The van der Waals surface area contributed by atoms with E-state index >= 15 is 0 Å². The van der Waals surface area contributed by atoms with Gasteiger partial charge in [-0.25, -0.2) is 9.97 Å². The van der Waals surface area contributed by atoms with Crippen LogP contribution in [0, 0.1) is 13.8 Å². The number of H-pyrrole nitrogens is 2. The van der Waals surface area contributed by atoms with E-state index in [0.29, 0.717) is 38.1 Å². The maximum atomic E-state index is 5.96. The summed E-state index contributed by atoms with van der Waals surface area (Å²) in [7, 11) is 0. The van der Waals surface area contributed by atoms with Gasteiger partial charge in [-0.05, 0) is 133 Å². The van der Waals surface area contributed by atoms with Gasteiger partial charge in [0.2, 0.25) is 11.6 Å². The topological polar surface area (TPSA) is 190 Å². The Morgan fingerprint density at radius 3 is 1.40 bits per heavy atom. The third-order valence-electron chi connectivity index (χ3n) is 10.6. The number of benzene rings is 6. The number of hydrogen-bond donors (Lipinski definition) is 2. The van der Waals surface area contributed by atoms with E-state index in [1.165, 1.54) is 0 Å². The fraction of sp³-hybridized carbons (Fsp3) is 0.154. The monoisotopic (exact) mass is 906 g/mol. The zero-order chi connectivity index (χ0) is 46.3. The molecule has 0 radical (unpaired) electrons. The van der Waals surface area contributed by atoms with Gasteiger partial charge in [-0.3, -0.25) is 0 Å². The van der Waals surface area contributed by atoms with Gasteiger partial charge in [0.05, 0.1) is 22.4 Å². The number of pyridine rings is 2. The summed E-state index contributed by atoms with van der Waals surface area (Å²) in [6, 6.07) is 51.2. The van der Waals surface area contributed by atoms with Crippen LogP contribution in [0.4, 0.5) is 0 Å². The van der Waals surface area contributed by atoms with Crippen molar-refractivity contribution in [3.63, 3.8) is 0 Å². The summed E-state index contributed by atoms with van der Waals surface area (Å²) in [5.74, 6) is 5.60. The van der Waals surface area contributed by atoms with Gasteiger partial charge in [-0.15, -0.1) is 20.4 Å². The lowest BCUT2D eigenvalue weighted by Crippen LogP contribution is -2.01. The van der Waals surface area contributed by atoms with Gasteiger partial charge in [0.15, 0.2) is 13.2 Å². The molecule has 0 saturated carbocycles. The molecule has 0 bridgehead atoms. The van der Waals surface area contributed by atoms with E-state index in [1.54, 1.807) is 0 Å². The maximum absolute atomic E-state index is 5.96. The van der Waals surface area contributed by atoms with E-state index in [1.807, 2.05) is 159 Å².